The normalized spacial score (nSPS) is 22.1. The Morgan fingerprint density at radius 3 is 3.00 bits per heavy atom. The lowest BCUT2D eigenvalue weighted by molar-refractivity contribution is 0.199. The van der Waals surface area contributed by atoms with E-state index < -0.39 is 0 Å². The molecule has 2 heterocycles. The minimum absolute atomic E-state index is 0. The monoisotopic (exact) mass is 228 g/mol. The molecule has 15 heavy (non-hydrogen) atoms. The van der Waals surface area contributed by atoms with Crippen molar-refractivity contribution >= 4 is 12.4 Å². The van der Waals surface area contributed by atoms with Crippen molar-refractivity contribution in [3.63, 3.8) is 0 Å². The highest BCUT2D eigenvalue weighted by atomic mass is 35.5. The second-order valence-electron chi connectivity index (χ2n) is 3.83. The molecule has 1 unspecified atom stereocenters. The molecule has 0 radical (unpaired) electrons. The van der Waals surface area contributed by atoms with Gasteiger partial charge >= 0.3 is 0 Å². The fourth-order valence-corrected chi connectivity index (χ4v) is 1.88. The molecule has 1 atom stereocenters. The Hall–Kier alpha value is -0.710. The van der Waals surface area contributed by atoms with Gasteiger partial charge in [0.2, 0.25) is 0 Å². The van der Waals surface area contributed by atoms with E-state index in [2.05, 4.69) is 14.9 Å². The van der Waals surface area contributed by atoms with Gasteiger partial charge in [0.05, 0.1) is 5.69 Å². The van der Waals surface area contributed by atoms with Crippen LogP contribution in [-0.2, 0) is 6.54 Å². The van der Waals surface area contributed by atoms with E-state index in [4.69, 9.17) is 5.73 Å². The topological polar surface area (TPSA) is 55.0 Å². The summed E-state index contributed by atoms with van der Waals surface area (Å²) in [4.78, 5) is 10.6. The number of nitrogens with two attached hydrogens (primary N) is 1. The van der Waals surface area contributed by atoms with E-state index in [-0.39, 0.29) is 12.4 Å². The maximum absolute atomic E-state index is 5.90. The van der Waals surface area contributed by atoms with Crippen molar-refractivity contribution in [2.75, 3.05) is 13.1 Å². The molecule has 1 aliphatic rings. The van der Waals surface area contributed by atoms with Gasteiger partial charge in [-0.15, -0.1) is 12.4 Å². The quantitative estimate of drug-likeness (QED) is 0.815. The van der Waals surface area contributed by atoms with Crippen LogP contribution < -0.4 is 5.73 Å². The standard InChI is InChI=1S/C10H16N4.ClH/c11-9-2-1-5-14(7-9)8-10-6-12-3-4-13-10;/h3-4,6,9H,1-2,5,7-8,11H2;1H. The summed E-state index contributed by atoms with van der Waals surface area (Å²) in [7, 11) is 0. The van der Waals surface area contributed by atoms with Crippen LogP contribution >= 0.6 is 12.4 Å². The first kappa shape index (κ1) is 12.4. The number of hydrogen-bond donors (Lipinski definition) is 1. The molecule has 4 nitrogen and oxygen atoms in total. The summed E-state index contributed by atoms with van der Waals surface area (Å²) in [6, 6.07) is 0.334. The molecule has 1 aromatic rings. The first-order valence-corrected chi connectivity index (χ1v) is 5.07. The number of rotatable bonds is 2. The second kappa shape index (κ2) is 6.00. The van der Waals surface area contributed by atoms with Crippen LogP contribution in [0.4, 0.5) is 0 Å². The number of nitrogens with zero attached hydrogens (tertiary/aromatic N) is 3. The highest BCUT2D eigenvalue weighted by Crippen LogP contribution is 2.10. The zero-order chi connectivity index (χ0) is 9.80. The predicted molar refractivity (Wildman–Crippen MR) is 61.8 cm³/mol. The molecule has 2 rings (SSSR count). The highest BCUT2D eigenvalue weighted by Gasteiger charge is 2.16. The van der Waals surface area contributed by atoms with Gasteiger partial charge in [-0.1, -0.05) is 0 Å². The minimum atomic E-state index is 0. The van der Waals surface area contributed by atoms with Gasteiger partial charge < -0.3 is 5.73 Å². The fourth-order valence-electron chi connectivity index (χ4n) is 1.88. The third-order valence-corrected chi connectivity index (χ3v) is 2.54. The number of likely N-dealkylation sites (tertiary alicyclic amines) is 1. The van der Waals surface area contributed by atoms with Gasteiger partial charge in [0, 0.05) is 37.7 Å². The van der Waals surface area contributed by atoms with Crippen molar-refractivity contribution in [1.29, 1.82) is 0 Å². The van der Waals surface area contributed by atoms with Crippen LogP contribution in [0.25, 0.3) is 0 Å². The Morgan fingerprint density at radius 1 is 1.47 bits per heavy atom. The zero-order valence-electron chi connectivity index (χ0n) is 8.67. The smallest absolute Gasteiger partial charge is 0.0726 e. The van der Waals surface area contributed by atoms with E-state index in [0.29, 0.717) is 6.04 Å². The van der Waals surface area contributed by atoms with Crippen molar-refractivity contribution in [3.05, 3.63) is 24.3 Å². The van der Waals surface area contributed by atoms with Gasteiger partial charge in [0.25, 0.3) is 0 Å². The molecule has 0 spiro atoms. The lowest BCUT2D eigenvalue weighted by Gasteiger charge is -2.30. The number of halogens is 1. The minimum Gasteiger partial charge on any atom is -0.327 e. The Morgan fingerprint density at radius 2 is 2.33 bits per heavy atom. The Balaban J connectivity index is 0.00000112. The van der Waals surface area contributed by atoms with Crippen molar-refractivity contribution in [1.82, 2.24) is 14.9 Å². The molecular weight excluding hydrogens is 212 g/mol. The molecule has 1 fully saturated rings. The molecule has 1 saturated heterocycles. The van der Waals surface area contributed by atoms with Crippen molar-refractivity contribution in [2.24, 2.45) is 5.73 Å². The molecule has 5 heteroatoms. The first-order chi connectivity index (χ1) is 6.84. The summed E-state index contributed by atoms with van der Waals surface area (Å²) >= 11 is 0. The maximum atomic E-state index is 5.90. The first-order valence-electron chi connectivity index (χ1n) is 5.07. The van der Waals surface area contributed by atoms with E-state index in [1.165, 1.54) is 6.42 Å². The van der Waals surface area contributed by atoms with E-state index in [1.54, 1.807) is 12.4 Å². The zero-order valence-corrected chi connectivity index (χ0v) is 9.49. The summed E-state index contributed by atoms with van der Waals surface area (Å²) in [5.41, 5.74) is 6.93. The van der Waals surface area contributed by atoms with Gasteiger partial charge in [-0.05, 0) is 19.4 Å². The molecule has 0 bridgehead atoms. The SMILES string of the molecule is Cl.NC1CCCN(Cc2cnccn2)C1. The lowest BCUT2D eigenvalue weighted by atomic mass is 10.1. The molecule has 0 aromatic carbocycles. The van der Waals surface area contributed by atoms with Crippen LogP contribution in [0.1, 0.15) is 18.5 Å². The Kier molecular flexibility index (Phi) is 4.94. The van der Waals surface area contributed by atoms with Crippen molar-refractivity contribution in [2.45, 2.75) is 25.4 Å². The van der Waals surface area contributed by atoms with Gasteiger partial charge in [0.1, 0.15) is 0 Å². The molecule has 0 amide bonds. The average Bonchev–Trinajstić information content (AvgIpc) is 2.19. The predicted octanol–water partition coefficient (Wildman–Crippen LogP) is 0.821. The summed E-state index contributed by atoms with van der Waals surface area (Å²) in [6.07, 6.45) is 7.60. The third kappa shape index (κ3) is 3.74. The summed E-state index contributed by atoms with van der Waals surface area (Å²) in [6.45, 7) is 2.99. The second-order valence-corrected chi connectivity index (χ2v) is 3.83. The van der Waals surface area contributed by atoms with E-state index in [0.717, 1.165) is 31.7 Å². The number of piperidine rings is 1. The average molecular weight is 229 g/mol. The van der Waals surface area contributed by atoms with Crippen LogP contribution in [-0.4, -0.2) is 34.0 Å². The largest absolute Gasteiger partial charge is 0.327 e. The highest BCUT2D eigenvalue weighted by molar-refractivity contribution is 5.85. The van der Waals surface area contributed by atoms with E-state index in [1.807, 2.05) is 6.20 Å². The molecule has 2 N–H and O–H groups in total. The third-order valence-electron chi connectivity index (χ3n) is 2.54. The molecular formula is C10H17ClN4. The molecule has 0 saturated carbocycles. The van der Waals surface area contributed by atoms with Gasteiger partial charge in [0.15, 0.2) is 0 Å². The lowest BCUT2D eigenvalue weighted by Crippen LogP contribution is -2.42. The Labute approximate surface area is 96.3 Å². The maximum Gasteiger partial charge on any atom is 0.0726 e. The van der Waals surface area contributed by atoms with Gasteiger partial charge in [-0.25, -0.2) is 0 Å². The molecule has 1 aromatic heterocycles. The number of hydrogen-bond acceptors (Lipinski definition) is 4. The van der Waals surface area contributed by atoms with E-state index in [9.17, 15) is 0 Å². The fraction of sp³-hybridized carbons (Fsp3) is 0.600. The van der Waals surface area contributed by atoms with Gasteiger partial charge in [-0.2, -0.15) is 0 Å². The Bertz CT molecular complexity index is 280. The number of aromatic nitrogens is 2. The molecule has 0 aliphatic carbocycles. The van der Waals surface area contributed by atoms with Crippen LogP contribution in [0.3, 0.4) is 0 Å². The molecule has 84 valence electrons. The van der Waals surface area contributed by atoms with Crippen molar-refractivity contribution < 1.29 is 0 Å². The van der Waals surface area contributed by atoms with Crippen molar-refractivity contribution in [3.8, 4) is 0 Å². The molecule has 1 aliphatic heterocycles. The van der Waals surface area contributed by atoms with E-state index >= 15 is 0 Å². The van der Waals surface area contributed by atoms with Crippen LogP contribution in [0.5, 0.6) is 0 Å². The van der Waals surface area contributed by atoms with Crippen LogP contribution in [0, 0.1) is 0 Å². The summed E-state index contributed by atoms with van der Waals surface area (Å²) < 4.78 is 0. The van der Waals surface area contributed by atoms with Crippen LogP contribution in [0.2, 0.25) is 0 Å². The summed E-state index contributed by atoms with van der Waals surface area (Å²) in [5.74, 6) is 0. The van der Waals surface area contributed by atoms with Crippen LogP contribution in [0.15, 0.2) is 18.6 Å². The summed E-state index contributed by atoms with van der Waals surface area (Å²) in [5, 5.41) is 0. The van der Waals surface area contributed by atoms with Gasteiger partial charge in [-0.3, -0.25) is 14.9 Å².